The number of ether oxygens (including phenoxy) is 1. The van der Waals surface area contributed by atoms with Crippen LogP contribution in [0.5, 0.6) is 5.75 Å². The van der Waals surface area contributed by atoms with E-state index >= 15 is 0 Å². The first-order valence-electron chi connectivity index (χ1n) is 7.95. The highest BCUT2D eigenvalue weighted by atomic mass is 32.2. The lowest BCUT2D eigenvalue weighted by atomic mass is 9.87. The first-order valence-corrected chi connectivity index (χ1v) is 8.83. The third-order valence-corrected chi connectivity index (χ3v) is 5.50. The predicted molar refractivity (Wildman–Crippen MR) is 98.1 cm³/mol. The third kappa shape index (κ3) is 3.78. The fraction of sp³-hybridized carbons (Fsp3) is 0.500. The molecule has 0 radical (unpaired) electrons. The van der Waals surface area contributed by atoms with Crippen molar-refractivity contribution in [2.45, 2.75) is 69.6 Å². The molecule has 0 fully saturated rings. The molecule has 2 atom stereocenters. The van der Waals surface area contributed by atoms with Crippen LogP contribution in [0.3, 0.4) is 0 Å². The zero-order valence-corrected chi connectivity index (χ0v) is 15.7. The Kier molecular flexibility index (Phi) is 4.81. The molecule has 0 aromatic heterocycles. The average molecular weight is 317 g/mol. The van der Waals surface area contributed by atoms with Crippen molar-refractivity contribution in [2.75, 3.05) is 0 Å². The molecule has 2 heteroatoms. The Morgan fingerprint density at radius 1 is 1.27 bits per heavy atom. The SMILES string of the molecule is CC(C)=C/C=C\[C@@]1(C)Oc2ccc(C(C)(C)C)cc2S[C@H]1C. The number of hydrogen-bond donors (Lipinski definition) is 0. The molecule has 1 aliphatic heterocycles. The Hall–Kier alpha value is -1.15. The lowest BCUT2D eigenvalue weighted by Crippen LogP contribution is -2.42. The molecular weight excluding hydrogens is 288 g/mol. The van der Waals surface area contributed by atoms with Crippen LogP contribution in [-0.2, 0) is 5.41 Å². The summed E-state index contributed by atoms with van der Waals surface area (Å²) in [7, 11) is 0. The van der Waals surface area contributed by atoms with E-state index in [2.05, 4.69) is 84.9 Å². The Bertz CT molecular complexity index is 603. The van der Waals surface area contributed by atoms with Gasteiger partial charge in [-0.3, -0.25) is 0 Å². The topological polar surface area (TPSA) is 9.23 Å². The van der Waals surface area contributed by atoms with Crippen molar-refractivity contribution >= 4 is 11.8 Å². The van der Waals surface area contributed by atoms with Gasteiger partial charge in [-0.2, -0.15) is 0 Å². The summed E-state index contributed by atoms with van der Waals surface area (Å²) < 4.78 is 6.34. The average Bonchev–Trinajstić information content (AvgIpc) is 2.38. The largest absolute Gasteiger partial charge is 0.481 e. The first kappa shape index (κ1) is 17.2. The van der Waals surface area contributed by atoms with Crippen LogP contribution in [0.4, 0.5) is 0 Å². The summed E-state index contributed by atoms with van der Waals surface area (Å²) in [4.78, 5) is 1.26. The molecule has 2 rings (SSSR count). The number of hydrogen-bond acceptors (Lipinski definition) is 2. The maximum Gasteiger partial charge on any atom is 0.137 e. The molecule has 0 N–H and O–H groups in total. The molecule has 0 saturated heterocycles. The Balaban J connectivity index is 2.31. The second kappa shape index (κ2) is 6.16. The first-order chi connectivity index (χ1) is 10.1. The van der Waals surface area contributed by atoms with Gasteiger partial charge in [-0.1, -0.05) is 44.6 Å². The van der Waals surface area contributed by atoms with Gasteiger partial charge in [0.2, 0.25) is 0 Å². The van der Waals surface area contributed by atoms with E-state index in [0.717, 1.165) is 5.75 Å². The molecule has 0 saturated carbocycles. The molecule has 0 bridgehead atoms. The second-order valence-electron chi connectivity index (χ2n) is 7.56. The molecule has 22 heavy (non-hydrogen) atoms. The molecule has 0 aliphatic carbocycles. The molecule has 1 aromatic rings. The number of allylic oxidation sites excluding steroid dienone is 3. The van der Waals surface area contributed by atoms with Crippen molar-refractivity contribution in [1.29, 1.82) is 0 Å². The smallest absolute Gasteiger partial charge is 0.137 e. The quantitative estimate of drug-likeness (QED) is 0.606. The van der Waals surface area contributed by atoms with Crippen LogP contribution in [0.15, 0.2) is 46.9 Å². The predicted octanol–water partition coefficient (Wildman–Crippen LogP) is 6.14. The van der Waals surface area contributed by atoms with Gasteiger partial charge < -0.3 is 4.74 Å². The number of fused-ring (bicyclic) bond motifs is 1. The van der Waals surface area contributed by atoms with Crippen molar-refractivity contribution in [2.24, 2.45) is 0 Å². The molecule has 0 unspecified atom stereocenters. The Morgan fingerprint density at radius 3 is 2.55 bits per heavy atom. The van der Waals surface area contributed by atoms with Crippen molar-refractivity contribution in [3.8, 4) is 5.75 Å². The van der Waals surface area contributed by atoms with Crippen LogP contribution in [0.2, 0.25) is 0 Å². The third-order valence-electron chi connectivity index (χ3n) is 4.11. The lowest BCUT2D eigenvalue weighted by Gasteiger charge is -2.39. The van der Waals surface area contributed by atoms with E-state index in [1.165, 1.54) is 16.0 Å². The van der Waals surface area contributed by atoms with Crippen LogP contribution in [0, 0.1) is 0 Å². The van der Waals surface area contributed by atoms with Gasteiger partial charge in [0.25, 0.3) is 0 Å². The van der Waals surface area contributed by atoms with E-state index in [4.69, 9.17) is 4.74 Å². The van der Waals surface area contributed by atoms with Crippen LogP contribution in [0.1, 0.15) is 54.0 Å². The molecular formula is C20H28OS. The minimum Gasteiger partial charge on any atom is -0.481 e. The van der Waals surface area contributed by atoms with Gasteiger partial charge >= 0.3 is 0 Å². The summed E-state index contributed by atoms with van der Waals surface area (Å²) >= 11 is 1.91. The lowest BCUT2D eigenvalue weighted by molar-refractivity contribution is 0.132. The normalized spacial score (nSPS) is 24.8. The standard InChI is InChI=1S/C20H28OS/c1-14(2)9-8-12-20(7)15(3)22-18-13-16(19(4,5)6)10-11-17(18)21-20/h8-13,15H,1-7H3/b12-8-/t15-,20+/m0/s1. The highest BCUT2D eigenvalue weighted by molar-refractivity contribution is 8.00. The maximum atomic E-state index is 6.34. The Morgan fingerprint density at radius 2 is 1.95 bits per heavy atom. The molecule has 1 heterocycles. The van der Waals surface area contributed by atoms with Gasteiger partial charge in [0.1, 0.15) is 11.4 Å². The van der Waals surface area contributed by atoms with Gasteiger partial charge in [0, 0.05) is 0 Å². The van der Waals surface area contributed by atoms with Crippen LogP contribution >= 0.6 is 11.8 Å². The van der Waals surface area contributed by atoms with E-state index < -0.39 is 0 Å². The van der Waals surface area contributed by atoms with Gasteiger partial charge in [0.05, 0.1) is 10.1 Å². The van der Waals surface area contributed by atoms with Crippen molar-refractivity contribution in [1.82, 2.24) is 0 Å². The Labute approximate surface area is 139 Å². The van der Waals surface area contributed by atoms with E-state index in [9.17, 15) is 0 Å². The van der Waals surface area contributed by atoms with Gasteiger partial charge in [-0.15, -0.1) is 11.8 Å². The maximum absolute atomic E-state index is 6.34. The summed E-state index contributed by atoms with van der Waals surface area (Å²) in [6.45, 7) is 15.4. The fourth-order valence-corrected chi connectivity index (χ4v) is 3.54. The van der Waals surface area contributed by atoms with Gasteiger partial charge in [-0.25, -0.2) is 0 Å². The van der Waals surface area contributed by atoms with E-state index in [-0.39, 0.29) is 11.0 Å². The number of rotatable bonds is 2. The highest BCUT2D eigenvalue weighted by Crippen LogP contribution is 2.46. The van der Waals surface area contributed by atoms with Crippen molar-refractivity contribution in [3.63, 3.8) is 0 Å². The molecule has 1 aliphatic rings. The van der Waals surface area contributed by atoms with Gasteiger partial charge in [0.15, 0.2) is 0 Å². The molecule has 0 amide bonds. The summed E-state index contributed by atoms with van der Waals surface area (Å²) in [5, 5.41) is 0.372. The van der Waals surface area contributed by atoms with E-state index in [1.807, 2.05) is 11.8 Å². The van der Waals surface area contributed by atoms with Crippen molar-refractivity contribution in [3.05, 3.63) is 47.6 Å². The van der Waals surface area contributed by atoms with E-state index in [0.29, 0.717) is 5.25 Å². The second-order valence-corrected chi connectivity index (χ2v) is 8.94. The minimum absolute atomic E-state index is 0.170. The summed E-state index contributed by atoms with van der Waals surface area (Å²) in [5.41, 5.74) is 2.56. The number of benzene rings is 1. The van der Waals surface area contributed by atoms with E-state index in [1.54, 1.807) is 0 Å². The fourth-order valence-electron chi connectivity index (χ4n) is 2.38. The molecule has 1 nitrogen and oxygen atoms in total. The minimum atomic E-state index is -0.271. The monoisotopic (exact) mass is 316 g/mol. The highest BCUT2D eigenvalue weighted by Gasteiger charge is 2.37. The number of thioether (sulfide) groups is 1. The van der Waals surface area contributed by atoms with Crippen LogP contribution < -0.4 is 4.74 Å². The molecule has 120 valence electrons. The molecule has 1 aromatic carbocycles. The zero-order valence-electron chi connectivity index (χ0n) is 14.9. The van der Waals surface area contributed by atoms with Crippen LogP contribution in [-0.4, -0.2) is 10.9 Å². The van der Waals surface area contributed by atoms with Crippen molar-refractivity contribution < 1.29 is 4.74 Å². The van der Waals surface area contributed by atoms with Gasteiger partial charge in [-0.05, 0) is 56.9 Å². The molecule has 0 spiro atoms. The van der Waals surface area contributed by atoms with Crippen LogP contribution in [0.25, 0.3) is 0 Å². The summed E-state index contributed by atoms with van der Waals surface area (Å²) in [5.74, 6) is 1.00. The zero-order chi connectivity index (χ0) is 16.5. The summed E-state index contributed by atoms with van der Waals surface area (Å²) in [6, 6.07) is 6.60. The summed E-state index contributed by atoms with van der Waals surface area (Å²) in [6.07, 6.45) is 6.42.